The van der Waals surface area contributed by atoms with Gasteiger partial charge in [-0.05, 0) is 43.0 Å². The van der Waals surface area contributed by atoms with Crippen LogP contribution in [-0.2, 0) is 11.2 Å². The van der Waals surface area contributed by atoms with Crippen LogP contribution in [0.5, 0.6) is 0 Å². The Bertz CT molecular complexity index is 851. The number of rotatable bonds is 5. The Hall–Kier alpha value is -2.89. The molecule has 1 amide bonds. The molecule has 24 heavy (non-hydrogen) atoms. The van der Waals surface area contributed by atoms with E-state index in [1.54, 1.807) is 0 Å². The van der Waals surface area contributed by atoms with Crippen LogP contribution in [0.25, 0.3) is 11.0 Å². The lowest BCUT2D eigenvalue weighted by atomic mass is 9.93. The molecule has 0 unspecified atom stereocenters. The second kappa shape index (κ2) is 6.31. The second-order valence-electron chi connectivity index (χ2n) is 6.16. The lowest BCUT2D eigenvalue weighted by Crippen LogP contribution is -2.40. The van der Waals surface area contributed by atoms with E-state index in [1.807, 2.05) is 36.5 Å². The summed E-state index contributed by atoms with van der Waals surface area (Å²) in [6, 6.07) is 10.2. The molecule has 1 aliphatic rings. The zero-order valence-electron chi connectivity index (χ0n) is 13.2. The van der Waals surface area contributed by atoms with Crippen molar-refractivity contribution in [3.63, 3.8) is 0 Å². The maximum absolute atomic E-state index is 12.0. The number of amides is 1. The first-order valence-electron chi connectivity index (χ1n) is 8.21. The van der Waals surface area contributed by atoms with Crippen LogP contribution < -0.4 is 10.6 Å². The number of H-pyrrole nitrogens is 1. The van der Waals surface area contributed by atoms with Gasteiger partial charge in [-0.2, -0.15) is 0 Å². The van der Waals surface area contributed by atoms with Gasteiger partial charge in [0.1, 0.15) is 17.8 Å². The smallest absolute Gasteiger partial charge is 0.224 e. The summed E-state index contributed by atoms with van der Waals surface area (Å²) in [6.45, 7) is 0. The minimum Gasteiger partial charge on any atom is -0.353 e. The van der Waals surface area contributed by atoms with Gasteiger partial charge in [-0.25, -0.2) is 9.97 Å². The maximum atomic E-state index is 12.0. The van der Waals surface area contributed by atoms with E-state index in [0.717, 1.165) is 40.9 Å². The molecule has 1 aromatic carbocycles. The Morgan fingerprint density at radius 2 is 2.00 bits per heavy atom. The van der Waals surface area contributed by atoms with E-state index in [1.165, 1.54) is 12.7 Å². The summed E-state index contributed by atoms with van der Waals surface area (Å²) >= 11 is 0. The monoisotopic (exact) mass is 321 g/mol. The summed E-state index contributed by atoms with van der Waals surface area (Å²) in [4.78, 5) is 23.5. The Labute approximate surface area is 139 Å². The van der Waals surface area contributed by atoms with Gasteiger partial charge in [0.15, 0.2) is 0 Å². The fourth-order valence-corrected chi connectivity index (χ4v) is 2.83. The molecule has 0 radical (unpaired) electrons. The highest BCUT2D eigenvalue weighted by molar-refractivity contribution is 5.88. The molecule has 6 heteroatoms. The van der Waals surface area contributed by atoms with Crippen molar-refractivity contribution in [2.45, 2.75) is 31.7 Å². The molecule has 2 aromatic heterocycles. The third kappa shape index (κ3) is 3.08. The van der Waals surface area contributed by atoms with Gasteiger partial charge in [-0.15, -0.1) is 0 Å². The second-order valence-corrected chi connectivity index (χ2v) is 6.16. The van der Waals surface area contributed by atoms with Crippen molar-refractivity contribution in [1.82, 2.24) is 20.3 Å². The first kappa shape index (κ1) is 14.7. The number of carbonyl (C=O) groups excluding carboxylic acids is 1. The van der Waals surface area contributed by atoms with Crippen molar-refractivity contribution in [2.24, 2.45) is 0 Å². The molecule has 2 heterocycles. The standard InChI is InChI=1S/C18H19N5O/c24-16(22-13-2-1-3-13)10-12-4-6-14(7-5-12)23-18-15-8-9-19-17(15)20-11-21-18/h4-9,11,13H,1-3,10H2,(H,22,24)(H2,19,20,21,23). The lowest BCUT2D eigenvalue weighted by molar-refractivity contribution is -0.121. The molecule has 0 spiro atoms. The van der Waals surface area contributed by atoms with Crippen LogP contribution in [0.4, 0.5) is 11.5 Å². The van der Waals surface area contributed by atoms with Gasteiger partial charge in [0.05, 0.1) is 11.8 Å². The summed E-state index contributed by atoms with van der Waals surface area (Å²) < 4.78 is 0. The van der Waals surface area contributed by atoms with E-state index in [-0.39, 0.29) is 5.91 Å². The predicted octanol–water partition coefficient (Wildman–Crippen LogP) is 2.91. The average molecular weight is 321 g/mol. The van der Waals surface area contributed by atoms with Crippen molar-refractivity contribution in [3.8, 4) is 0 Å². The molecule has 1 aliphatic carbocycles. The first-order valence-corrected chi connectivity index (χ1v) is 8.21. The SMILES string of the molecule is O=C(Cc1ccc(Nc2ncnc3[nH]ccc23)cc1)NC1CCC1. The van der Waals surface area contributed by atoms with E-state index in [2.05, 4.69) is 25.6 Å². The Balaban J connectivity index is 1.42. The van der Waals surface area contributed by atoms with Crippen molar-refractivity contribution >= 4 is 28.4 Å². The highest BCUT2D eigenvalue weighted by atomic mass is 16.1. The summed E-state index contributed by atoms with van der Waals surface area (Å²) in [6.07, 6.45) is 7.24. The topological polar surface area (TPSA) is 82.7 Å². The largest absolute Gasteiger partial charge is 0.353 e. The lowest BCUT2D eigenvalue weighted by Gasteiger charge is -2.26. The molecule has 0 bridgehead atoms. The summed E-state index contributed by atoms with van der Waals surface area (Å²) in [7, 11) is 0. The van der Waals surface area contributed by atoms with E-state index in [0.29, 0.717) is 12.5 Å². The fourth-order valence-electron chi connectivity index (χ4n) is 2.83. The van der Waals surface area contributed by atoms with Crippen LogP contribution in [0.15, 0.2) is 42.9 Å². The minimum absolute atomic E-state index is 0.102. The minimum atomic E-state index is 0.102. The number of hydrogen-bond donors (Lipinski definition) is 3. The fraction of sp³-hybridized carbons (Fsp3) is 0.278. The molecule has 6 nitrogen and oxygen atoms in total. The highest BCUT2D eigenvalue weighted by Crippen LogP contribution is 2.22. The third-order valence-corrected chi connectivity index (χ3v) is 4.41. The van der Waals surface area contributed by atoms with Crippen LogP contribution >= 0.6 is 0 Å². The molecule has 3 aromatic rings. The zero-order chi connectivity index (χ0) is 16.4. The van der Waals surface area contributed by atoms with Crippen molar-refractivity contribution in [1.29, 1.82) is 0 Å². The number of anilines is 2. The van der Waals surface area contributed by atoms with Crippen molar-refractivity contribution < 1.29 is 4.79 Å². The van der Waals surface area contributed by atoms with Crippen LogP contribution in [0, 0.1) is 0 Å². The predicted molar refractivity (Wildman–Crippen MR) is 93.1 cm³/mol. The molecule has 122 valence electrons. The van der Waals surface area contributed by atoms with Crippen molar-refractivity contribution in [3.05, 3.63) is 48.4 Å². The van der Waals surface area contributed by atoms with Crippen LogP contribution in [0.3, 0.4) is 0 Å². The van der Waals surface area contributed by atoms with Gasteiger partial charge in [0.2, 0.25) is 5.91 Å². The normalized spacial score (nSPS) is 14.3. The zero-order valence-corrected chi connectivity index (χ0v) is 13.2. The van der Waals surface area contributed by atoms with Gasteiger partial charge in [0.25, 0.3) is 0 Å². The Morgan fingerprint density at radius 1 is 1.17 bits per heavy atom. The van der Waals surface area contributed by atoms with Gasteiger partial charge in [-0.1, -0.05) is 12.1 Å². The molecule has 4 rings (SSSR count). The molecule has 0 saturated heterocycles. The number of aromatic amines is 1. The van der Waals surface area contributed by atoms with Gasteiger partial charge in [-0.3, -0.25) is 4.79 Å². The summed E-state index contributed by atoms with van der Waals surface area (Å²) in [5.41, 5.74) is 2.74. The molecular formula is C18H19N5O. The number of fused-ring (bicyclic) bond motifs is 1. The Morgan fingerprint density at radius 3 is 2.75 bits per heavy atom. The summed E-state index contributed by atoms with van der Waals surface area (Å²) in [5.74, 6) is 0.863. The van der Waals surface area contributed by atoms with Crippen molar-refractivity contribution in [2.75, 3.05) is 5.32 Å². The van der Waals surface area contributed by atoms with Crippen LogP contribution in [0.1, 0.15) is 24.8 Å². The van der Waals surface area contributed by atoms with Gasteiger partial charge in [0, 0.05) is 17.9 Å². The number of hydrogen-bond acceptors (Lipinski definition) is 4. The molecular weight excluding hydrogens is 302 g/mol. The van der Waals surface area contributed by atoms with E-state index in [4.69, 9.17) is 0 Å². The van der Waals surface area contributed by atoms with Gasteiger partial charge < -0.3 is 15.6 Å². The van der Waals surface area contributed by atoms with Crippen LogP contribution in [0.2, 0.25) is 0 Å². The van der Waals surface area contributed by atoms with E-state index in [9.17, 15) is 4.79 Å². The van der Waals surface area contributed by atoms with Crippen LogP contribution in [-0.4, -0.2) is 26.9 Å². The average Bonchev–Trinajstić information content (AvgIpc) is 3.03. The molecule has 1 fully saturated rings. The summed E-state index contributed by atoms with van der Waals surface area (Å²) in [5, 5.41) is 7.30. The van der Waals surface area contributed by atoms with Gasteiger partial charge >= 0.3 is 0 Å². The number of carbonyl (C=O) groups is 1. The molecule has 3 N–H and O–H groups in total. The highest BCUT2D eigenvalue weighted by Gasteiger charge is 2.19. The quantitative estimate of drug-likeness (QED) is 0.675. The first-order chi connectivity index (χ1) is 11.8. The number of benzene rings is 1. The number of nitrogens with one attached hydrogen (secondary N) is 3. The molecule has 0 aliphatic heterocycles. The van der Waals surface area contributed by atoms with E-state index < -0.39 is 0 Å². The number of aromatic nitrogens is 3. The van der Waals surface area contributed by atoms with E-state index >= 15 is 0 Å². The molecule has 1 saturated carbocycles. The Kier molecular flexibility index (Phi) is 3.86. The number of nitrogens with zero attached hydrogens (tertiary/aromatic N) is 2. The maximum Gasteiger partial charge on any atom is 0.224 e. The molecule has 0 atom stereocenters. The third-order valence-electron chi connectivity index (χ3n) is 4.41.